The van der Waals surface area contributed by atoms with Gasteiger partial charge in [-0.1, -0.05) is 25.5 Å². The molecule has 106 valence electrons. The Hall–Kier alpha value is -1.43. The lowest BCUT2D eigenvalue weighted by atomic mass is 10.3. The van der Waals surface area contributed by atoms with E-state index in [4.69, 9.17) is 0 Å². The second-order valence-electron chi connectivity index (χ2n) is 4.26. The monoisotopic (exact) mass is 287 g/mol. The molecule has 0 radical (unpaired) electrons. The summed E-state index contributed by atoms with van der Waals surface area (Å²) in [6.45, 7) is 3.65. The first-order valence-corrected chi connectivity index (χ1v) is 7.72. The first-order chi connectivity index (χ1) is 8.91. The summed E-state index contributed by atoms with van der Waals surface area (Å²) in [5.74, 6) is -1.44. The molecular weight excluding hydrogens is 269 g/mol. The fraction of sp³-hybridized carbons (Fsp3) is 0.462. The van der Waals surface area contributed by atoms with Gasteiger partial charge in [0.2, 0.25) is 5.91 Å². The molecule has 0 aliphatic rings. The summed E-state index contributed by atoms with van der Waals surface area (Å²) in [6.07, 6.45) is 1.67. The van der Waals surface area contributed by atoms with Crippen LogP contribution in [0.25, 0.3) is 0 Å². The lowest BCUT2D eigenvalue weighted by Gasteiger charge is -2.13. The molecule has 4 nitrogen and oxygen atoms in total. The van der Waals surface area contributed by atoms with Crippen molar-refractivity contribution in [3.05, 3.63) is 30.1 Å². The Balaban J connectivity index is 2.89. The van der Waals surface area contributed by atoms with E-state index in [1.165, 1.54) is 25.1 Å². The number of benzene rings is 1. The van der Waals surface area contributed by atoms with E-state index in [2.05, 4.69) is 5.32 Å². The van der Waals surface area contributed by atoms with Crippen LogP contribution >= 0.6 is 0 Å². The van der Waals surface area contributed by atoms with Crippen molar-refractivity contribution in [3.8, 4) is 0 Å². The lowest BCUT2D eigenvalue weighted by Crippen LogP contribution is -2.38. The van der Waals surface area contributed by atoms with Crippen LogP contribution in [0, 0.1) is 5.82 Å². The smallest absolute Gasteiger partial charge is 0.238 e. The second-order valence-corrected chi connectivity index (χ2v) is 6.50. The molecule has 0 saturated heterocycles. The van der Waals surface area contributed by atoms with Gasteiger partial charge >= 0.3 is 0 Å². The van der Waals surface area contributed by atoms with Crippen LogP contribution < -0.4 is 5.32 Å². The van der Waals surface area contributed by atoms with Crippen molar-refractivity contribution >= 4 is 15.7 Å². The number of sulfone groups is 1. The van der Waals surface area contributed by atoms with E-state index in [1.807, 2.05) is 6.92 Å². The van der Waals surface area contributed by atoms with Crippen molar-refractivity contribution in [2.45, 2.75) is 36.8 Å². The largest absolute Gasteiger partial charge is 0.355 e. The van der Waals surface area contributed by atoms with Gasteiger partial charge in [-0.3, -0.25) is 4.79 Å². The zero-order valence-electron chi connectivity index (χ0n) is 11.0. The number of carbonyl (C=O) groups is 1. The normalized spacial score (nSPS) is 13.0. The molecule has 1 unspecified atom stereocenters. The molecule has 1 atom stereocenters. The van der Waals surface area contributed by atoms with Crippen molar-refractivity contribution < 1.29 is 17.6 Å². The highest BCUT2D eigenvalue weighted by molar-refractivity contribution is 7.92. The van der Waals surface area contributed by atoms with Crippen LogP contribution in [0.2, 0.25) is 0 Å². The van der Waals surface area contributed by atoms with Gasteiger partial charge < -0.3 is 5.32 Å². The van der Waals surface area contributed by atoms with Crippen LogP contribution in [-0.4, -0.2) is 26.1 Å². The molecule has 6 heteroatoms. The summed E-state index contributed by atoms with van der Waals surface area (Å²) < 4.78 is 37.8. The summed E-state index contributed by atoms with van der Waals surface area (Å²) in [5, 5.41) is 1.23. The van der Waals surface area contributed by atoms with E-state index in [0.717, 1.165) is 18.9 Å². The van der Waals surface area contributed by atoms with Gasteiger partial charge in [-0.25, -0.2) is 12.8 Å². The summed E-state index contributed by atoms with van der Waals surface area (Å²) >= 11 is 0. The number of halogens is 1. The highest BCUT2D eigenvalue weighted by Crippen LogP contribution is 2.19. The van der Waals surface area contributed by atoms with E-state index in [-0.39, 0.29) is 0 Å². The van der Waals surface area contributed by atoms with Crippen molar-refractivity contribution in [1.29, 1.82) is 0 Å². The predicted molar refractivity (Wildman–Crippen MR) is 71.0 cm³/mol. The van der Waals surface area contributed by atoms with Crippen molar-refractivity contribution in [1.82, 2.24) is 5.32 Å². The molecule has 1 rings (SSSR count). The molecule has 0 saturated carbocycles. The van der Waals surface area contributed by atoms with Crippen LogP contribution in [0.15, 0.2) is 29.2 Å². The molecule has 0 aliphatic heterocycles. The fourth-order valence-electron chi connectivity index (χ4n) is 1.54. The van der Waals surface area contributed by atoms with Crippen molar-refractivity contribution in [2.75, 3.05) is 6.54 Å². The number of nitrogens with one attached hydrogen (secondary N) is 1. The summed E-state index contributed by atoms with van der Waals surface area (Å²) in [7, 11) is -3.99. The first kappa shape index (κ1) is 15.6. The van der Waals surface area contributed by atoms with Crippen molar-refractivity contribution in [3.63, 3.8) is 0 Å². The molecule has 1 aromatic carbocycles. The van der Waals surface area contributed by atoms with Gasteiger partial charge in [-0.2, -0.15) is 0 Å². The maximum Gasteiger partial charge on any atom is 0.238 e. The number of unbranched alkanes of at least 4 members (excludes halogenated alkanes) is 1. The number of amides is 1. The van der Waals surface area contributed by atoms with Gasteiger partial charge in [0.15, 0.2) is 9.84 Å². The minimum atomic E-state index is -3.99. The lowest BCUT2D eigenvalue weighted by molar-refractivity contribution is -0.120. The third kappa shape index (κ3) is 3.76. The summed E-state index contributed by atoms with van der Waals surface area (Å²) in [5.41, 5.74) is 0. The topological polar surface area (TPSA) is 63.2 Å². The summed E-state index contributed by atoms with van der Waals surface area (Å²) in [6, 6.07) is 5.06. The Kier molecular flexibility index (Phi) is 5.47. The maximum atomic E-state index is 13.5. The highest BCUT2D eigenvalue weighted by Gasteiger charge is 2.31. The van der Waals surface area contributed by atoms with Crippen LogP contribution in [0.4, 0.5) is 4.39 Å². The Labute approximate surface area is 112 Å². The Bertz CT molecular complexity index is 543. The molecule has 0 spiro atoms. The van der Waals surface area contributed by atoms with Crippen LogP contribution in [0.3, 0.4) is 0 Å². The Morgan fingerprint density at radius 3 is 2.58 bits per heavy atom. The van der Waals surface area contributed by atoms with Gasteiger partial charge in [0.05, 0.1) is 0 Å². The molecule has 0 aliphatic carbocycles. The van der Waals surface area contributed by atoms with Crippen LogP contribution in [0.5, 0.6) is 0 Å². The minimum absolute atomic E-state index is 0.423. The average molecular weight is 287 g/mol. The molecule has 0 bridgehead atoms. The van der Waals surface area contributed by atoms with Crippen LogP contribution in [0.1, 0.15) is 26.7 Å². The fourth-order valence-corrected chi connectivity index (χ4v) is 2.89. The SMILES string of the molecule is CCCCNC(=O)C(C)S(=O)(=O)c1ccccc1F. The molecule has 0 heterocycles. The average Bonchev–Trinajstić information content (AvgIpc) is 2.38. The predicted octanol–water partition coefficient (Wildman–Crippen LogP) is 1.90. The van der Waals surface area contributed by atoms with E-state index in [0.29, 0.717) is 6.54 Å². The third-order valence-corrected chi connectivity index (χ3v) is 4.90. The van der Waals surface area contributed by atoms with Gasteiger partial charge in [-0.05, 0) is 25.5 Å². The minimum Gasteiger partial charge on any atom is -0.355 e. The number of carbonyl (C=O) groups excluding carboxylic acids is 1. The molecule has 19 heavy (non-hydrogen) atoms. The molecule has 1 N–H and O–H groups in total. The highest BCUT2D eigenvalue weighted by atomic mass is 32.2. The van der Waals surface area contributed by atoms with E-state index in [9.17, 15) is 17.6 Å². The summed E-state index contributed by atoms with van der Waals surface area (Å²) in [4.78, 5) is 11.3. The first-order valence-electron chi connectivity index (χ1n) is 6.17. The molecule has 0 aromatic heterocycles. The van der Waals surface area contributed by atoms with Crippen molar-refractivity contribution in [2.24, 2.45) is 0 Å². The number of rotatable bonds is 6. The molecular formula is C13H18FNO3S. The van der Waals surface area contributed by atoms with Gasteiger partial charge in [0, 0.05) is 6.54 Å². The van der Waals surface area contributed by atoms with E-state index in [1.54, 1.807) is 0 Å². The van der Waals surface area contributed by atoms with Crippen LogP contribution in [-0.2, 0) is 14.6 Å². The standard InChI is InChI=1S/C13H18FNO3S/c1-3-4-9-15-13(16)10(2)19(17,18)12-8-6-5-7-11(12)14/h5-8,10H,3-4,9H2,1-2H3,(H,15,16). The Morgan fingerprint density at radius 1 is 1.37 bits per heavy atom. The third-order valence-electron chi connectivity index (χ3n) is 2.81. The molecule has 0 fully saturated rings. The van der Waals surface area contributed by atoms with Gasteiger partial charge in [0.25, 0.3) is 0 Å². The quantitative estimate of drug-likeness (QED) is 0.813. The van der Waals surface area contributed by atoms with Gasteiger partial charge in [-0.15, -0.1) is 0 Å². The maximum absolute atomic E-state index is 13.5. The second kappa shape index (κ2) is 6.65. The Morgan fingerprint density at radius 2 is 2.00 bits per heavy atom. The van der Waals surface area contributed by atoms with Gasteiger partial charge in [0.1, 0.15) is 16.0 Å². The molecule has 1 aromatic rings. The zero-order valence-corrected chi connectivity index (χ0v) is 11.8. The number of hydrogen-bond donors (Lipinski definition) is 1. The van der Waals surface area contributed by atoms with E-state index < -0.39 is 31.7 Å². The zero-order chi connectivity index (χ0) is 14.5. The van der Waals surface area contributed by atoms with E-state index >= 15 is 0 Å². The number of hydrogen-bond acceptors (Lipinski definition) is 3. The molecule has 1 amide bonds.